The predicted molar refractivity (Wildman–Crippen MR) is 145 cm³/mol. The summed E-state index contributed by atoms with van der Waals surface area (Å²) in [5, 5.41) is 13.0. The molecule has 46 heavy (non-hydrogen) atoms. The number of rotatable bonds is 10. The fourth-order valence-electron chi connectivity index (χ4n) is 4.20. The largest absolute Gasteiger partial charge is 0.478 e. The molecule has 0 saturated carbocycles. The van der Waals surface area contributed by atoms with Crippen molar-refractivity contribution in [3.63, 3.8) is 0 Å². The van der Waals surface area contributed by atoms with Crippen LogP contribution in [0.1, 0.15) is 41.7 Å². The van der Waals surface area contributed by atoms with Crippen LogP contribution >= 0.6 is 0 Å². The molecular weight excluding hydrogens is 637 g/mol. The number of ether oxygens (including phenoxy) is 1. The number of carbonyl (C=O) groups is 1. The van der Waals surface area contributed by atoms with Crippen LogP contribution in [0.2, 0.25) is 0 Å². The summed E-state index contributed by atoms with van der Waals surface area (Å²) >= 11 is 0. The Morgan fingerprint density at radius 3 is 1.96 bits per heavy atom. The molecule has 1 aromatic heterocycles. The third kappa shape index (κ3) is 8.28. The van der Waals surface area contributed by atoms with Gasteiger partial charge in [0.2, 0.25) is 0 Å². The molecule has 0 atom stereocenters. The van der Waals surface area contributed by atoms with E-state index in [0.29, 0.717) is 17.7 Å². The quantitative estimate of drug-likeness (QED) is 0.171. The summed E-state index contributed by atoms with van der Waals surface area (Å²) in [6, 6.07) is 11.0. The van der Waals surface area contributed by atoms with Crippen molar-refractivity contribution in [2.24, 2.45) is 0 Å². The Balaban J connectivity index is 1.65. The second kappa shape index (κ2) is 12.6. The molecule has 4 aromatic rings. The molecule has 1 heterocycles. The Morgan fingerprint density at radius 1 is 0.826 bits per heavy atom. The first kappa shape index (κ1) is 34.1. The molecule has 0 fully saturated rings. The Labute approximate surface area is 255 Å². The van der Waals surface area contributed by atoms with Crippen molar-refractivity contribution in [3.05, 3.63) is 94.5 Å². The molecule has 7 nitrogen and oxygen atoms in total. The number of halogens is 9. The highest BCUT2D eigenvalue weighted by Crippen LogP contribution is 2.38. The molecule has 3 aromatic carbocycles. The Morgan fingerprint density at radius 2 is 1.41 bits per heavy atom. The highest BCUT2D eigenvalue weighted by atomic mass is 19.4. The van der Waals surface area contributed by atoms with Gasteiger partial charge in [-0.1, -0.05) is 18.2 Å². The summed E-state index contributed by atoms with van der Waals surface area (Å²) in [4.78, 5) is 16.7. The normalized spacial score (nSPS) is 12.7. The number of hydrogen-bond donors (Lipinski definition) is 1. The molecule has 0 bridgehead atoms. The number of carboxylic acid groups (broad SMARTS) is 1. The van der Waals surface area contributed by atoms with Gasteiger partial charge >= 0.3 is 24.5 Å². The second-order valence-corrected chi connectivity index (χ2v) is 10.6. The van der Waals surface area contributed by atoms with Crippen LogP contribution in [0.15, 0.2) is 71.3 Å². The third-order valence-electron chi connectivity index (χ3n) is 6.74. The van der Waals surface area contributed by atoms with Crippen molar-refractivity contribution in [2.75, 3.05) is 11.4 Å². The molecule has 246 valence electrons. The van der Waals surface area contributed by atoms with Crippen molar-refractivity contribution in [3.8, 4) is 17.2 Å². The van der Waals surface area contributed by atoms with Crippen molar-refractivity contribution < 1.29 is 58.7 Å². The van der Waals surface area contributed by atoms with Gasteiger partial charge in [-0.3, -0.25) is 0 Å². The smallest absolute Gasteiger partial charge is 0.416 e. The summed E-state index contributed by atoms with van der Waals surface area (Å²) in [5.74, 6) is -1.50. The molecule has 0 spiro atoms. The average molecular weight is 662 g/mol. The molecular formula is C30H24F9N3O4. The number of carboxylic acids is 1. The number of hydrogen-bond acceptors (Lipinski definition) is 6. The van der Waals surface area contributed by atoms with Crippen LogP contribution in [0, 0.1) is 0 Å². The summed E-state index contributed by atoms with van der Waals surface area (Å²) in [6.45, 7) is 1.99. The van der Waals surface area contributed by atoms with Crippen molar-refractivity contribution in [2.45, 2.75) is 50.9 Å². The van der Waals surface area contributed by atoms with E-state index in [1.807, 2.05) is 0 Å². The zero-order valence-corrected chi connectivity index (χ0v) is 23.9. The molecule has 0 aliphatic heterocycles. The predicted octanol–water partition coefficient (Wildman–Crippen LogP) is 8.28. The first-order valence-electron chi connectivity index (χ1n) is 13.3. The minimum absolute atomic E-state index is 0.00864. The van der Waals surface area contributed by atoms with E-state index in [-0.39, 0.29) is 42.2 Å². The zero-order valence-electron chi connectivity index (χ0n) is 23.9. The maximum absolute atomic E-state index is 13.9. The van der Waals surface area contributed by atoms with Crippen LogP contribution in [-0.4, -0.2) is 33.4 Å². The molecule has 4 rings (SSSR count). The molecule has 0 amide bonds. The topological polar surface area (TPSA) is 88.7 Å². The van der Waals surface area contributed by atoms with E-state index in [1.54, 1.807) is 12.1 Å². The van der Waals surface area contributed by atoms with Gasteiger partial charge in [0.15, 0.2) is 5.60 Å². The molecule has 0 unspecified atom stereocenters. The second-order valence-electron chi connectivity index (χ2n) is 10.6. The number of nitrogens with zero attached hydrogens (tertiary/aromatic N) is 3. The fourth-order valence-corrected chi connectivity index (χ4v) is 4.20. The zero-order chi connectivity index (χ0) is 34.1. The number of anilines is 1. The monoisotopic (exact) mass is 661 g/mol. The van der Waals surface area contributed by atoms with Gasteiger partial charge in [0, 0.05) is 18.7 Å². The van der Waals surface area contributed by atoms with E-state index in [1.165, 1.54) is 30.9 Å². The first-order valence-corrected chi connectivity index (χ1v) is 13.3. The molecule has 0 saturated heterocycles. The standard InChI is InChI=1S/C30H24F9N3O4/c1-27(2,25(43)44)45-22-11-3-17(4-12-22)13-14-42(16-19-7-10-21(29(34,35)36)15-23(19)30(37,38)39)26-40-24(46-41-26)18-5-8-20(9-6-18)28(31,32)33/h3-12,15H,13-14,16H2,1-2H3,(H,43,44). The van der Waals surface area contributed by atoms with E-state index in [9.17, 15) is 49.4 Å². The Kier molecular flexibility index (Phi) is 9.32. The fraction of sp³-hybridized carbons (Fsp3) is 0.300. The van der Waals surface area contributed by atoms with Crippen molar-refractivity contribution >= 4 is 11.9 Å². The highest BCUT2D eigenvalue weighted by Gasteiger charge is 2.38. The maximum atomic E-state index is 13.9. The van der Waals surface area contributed by atoms with Crippen LogP contribution in [-0.2, 0) is 36.3 Å². The summed E-state index contributed by atoms with van der Waals surface area (Å²) in [6.07, 6.45) is -14.7. The molecule has 0 radical (unpaired) electrons. The lowest BCUT2D eigenvalue weighted by Crippen LogP contribution is -2.37. The highest BCUT2D eigenvalue weighted by molar-refractivity contribution is 5.76. The lowest BCUT2D eigenvalue weighted by Gasteiger charge is -2.24. The van der Waals surface area contributed by atoms with Crippen LogP contribution < -0.4 is 9.64 Å². The average Bonchev–Trinajstić information content (AvgIpc) is 3.45. The van der Waals surface area contributed by atoms with Crippen LogP contribution in [0.4, 0.5) is 45.5 Å². The van der Waals surface area contributed by atoms with Gasteiger partial charge in [0.05, 0.1) is 16.7 Å². The van der Waals surface area contributed by atoms with Gasteiger partial charge in [-0.2, -0.15) is 44.5 Å². The Bertz CT molecular complexity index is 1660. The van der Waals surface area contributed by atoms with Gasteiger partial charge in [0.25, 0.3) is 11.8 Å². The molecule has 0 aliphatic carbocycles. The third-order valence-corrected chi connectivity index (χ3v) is 6.74. The lowest BCUT2D eigenvalue weighted by molar-refractivity contribution is -0.152. The van der Waals surface area contributed by atoms with Gasteiger partial charge in [0.1, 0.15) is 5.75 Å². The maximum Gasteiger partial charge on any atom is 0.416 e. The van der Waals surface area contributed by atoms with E-state index < -0.39 is 58.9 Å². The number of aromatic nitrogens is 2. The van der Waals surface area contributed by atoms with Gasteiger partial charge in [-0.05, 0) is 85.1 Å². The van der Waals surface area contributed by atoms with E-state index in [0.717, 1.165) is 24.3 Å². The van der Waals surface area contributed by atoms with Crippen LogP contribution in [0.3, 0.4) is 0 Å². The number of aliphatic carboxylic acids is 1. The first-order chi connectivity index (χ1) is 21.2. The van der Waals surface area contributed by atoms with E-state index in [2.05, 4.69) is 10.1 Å². The molecule has 1 N–H and O–H groups in total. The van der Waals surface area contributed by atoms with E-state index in [4.69, 9.17) is 9.26 Å². The van der Waals surface area contributed by atoms with E-state index >= 15 is 0 Å². The lowest BCUT2D eigenvalue weighted by atomic mass is 10.0. The molecule has 0 aliphatic rings. The van der Waals surface area contributed by atoms with Gasteiger partial charge < -0.3 is 19.3 Å². The number of benzene rings is 3. The SMILES string of the molecule is CC(C)(Oc1ccc(CCN(Cc2ccc(C(F)(F)F)cc2C(F)(F)F)c2noc(-c3ccc(C(F)(F)F)cc3)n2)cc1)C(=O)O. The van der Waals surface area contributed by atoms with Gasteiger partial charge in [-0.15, -0.1) is 0 Å². The van der Waals surface area contributed by atoms with Crippen LogP contribution in [0.5, 0.6) is 5.75 Å². The van der Waals surface area contributed by atoms with Crippen molar-refractivity contribution in [1.29, 1.82) is 0 Å². The summed E-state index contributed by atoms with van der Waals surface area (Å²) < 4.78 is 131. The van der Waals surface area contributed by atoms with Crippen LogP contribution in [0.25, 0.3) is 11.5 Å². The molecule has 16 heteroatoms. The minimum Gasteiger partial charge on any atom is -0.478 e. The van der Waals surface area contributed by atoms with Gasteiger partial charge in [-0.25, -0.2) is 4.79 Å². The van der Waals surface area contributed by atoms with Crippen molar-refractivity contribution in [1.82, 2.24) is 10.1 Å². The summed E-state index contributed by atoms with van der Waals surface area (Å²) in [5.41, 5.74) is -5.32. The summed E-state index contributed by atoms with van der Waals surface area (Å²) in [7, 11) is 0. The Hall–Kier alpha value is -4.76. The number of alkyl halides is 9. The minimum atomic E-state index is -5.15.